The van der Waals surface area contributed by atoms with Gasteiger partial charge >= 0.3 is 0 Å². The number of nitrogens with zero attached hydrogens (tertiary/aromatic N) is 4. The molecule has 0 unspecified atom stereocenters. The predicted octanol–water partition coefficient (Wildman–Crippen LogP) is 3.32. The number of carbonyl (C=O) groups excluding carboxylic acids is 1. The molecule has 0 radical (unpaired) electrons. The molecule has 0 saturated heterocycles. The molecule has 1 aliphatic heterocycles. The lowest BCUT2D eigenvalue weighted by atomic mass is 9.79. The van der Waals surface area contributed by atoms with Crippen molar-refractivity contribution in [2.24, 2.45) is 5.41 Å². The van der Waals surface area contributed by atoms with Crippen LogP contribution in [0.1, 0.15) is 43.8 Å². The molecule has 0 atom stereocenters. The first-order chi connectivity index (χ1) is 11.9. The minimum absolute atomic E-state index is 0.0597. The van der Waals surface area contributed by atoms with Crippen LogP contribution in [0.2, 0.25) is 0 Å². The van der Waals surface area contributed by atoms with Gasteiger partial charge in [-0.2, -0.15) is 0 Å². The van der Waals surface area contributed by atoms with Crippen molar-refractivity contribution in [2.45, 2.75) is 40.5 Å². The van der Waals surface area contributed by atoms with Gasteiger partial charge in [-0.1, -0.05) is 0 Å². The second-order valence-corrected chi connectivity index (χ2v) is 7.21. The van der Waals surface area contributed by atoms with Crippen molar-refractivity contribution >= 4 is 17.4 Å². The van der Waals surface area contributed by atoms with Gasteiger partial charge in [-0.15, -0.1) is 0 Å². The van der Waals surface area contributed by atoms with Gasteiger partial charge in [-0.3, -0.25) is 4.79 Å². The molecule has 0 fully saturated rings. The van der Waals surface area contributed by atoms with Crippen molar-refractivity contribution in [3.63, 3.8) is 0 Å². The molecule has 1 amide bonds. The van der Waals surface area contributed by atoms with E-state index in [-0.39, 0.29) is 5.91 Å². The molecule has 0 aromatic carbocycles. The quantitative estimate of drug-likeness (QED) is 0.913. The van der Waals surface area contributed by atoms with Gasteiger partial charge in [0, 0.05) is 29.8 Å². The van der Waals surface area contributed by atoms with Gasteiger partial charge in [0.15, 0.2) is 0 Å². The highest BCUT2D eigenvalue weighted by Gasteiger charge is 2.47. The normalized spacial score (nSPS) is 19.3. The molecular weight excluding hydrogens is 314 g/mol. The Kier molecular flexibility index (Phi) is 3.39. The number of anilines is 1. The first-order valence-electron chi connectivity index (χ1n) is 8.47. The van der Waals surface area contributed by atoms with E-state index in [1.165, 1.54) is 5.57 Å². The third kappa shape index (κ3) is 2.40. The van der Waals surface area contributed by atoms with Gasteiger partial charge in [0.1, 0.15) is 5.82 Å². The largest absolute Gasteiger partial charge is 0.328 e. The Balaban J connectivity index is 1.82. The summed E-state index contributed by atoms with van der Waals surface area (Å²) in [4.78, 5) is 30.9. The standard InChI is InChI=1S/C19H21N5O/c1-11-8-22-18(23-11)24-16-7-13(14-9-20-12(2)21-10-14)5-6-15(16)19(3,4)17(24)25/h7-10H,5-6H2,1-4H3,(H,22,23). The number of aromatic amines is 1. The van der Waals surface area contributed by atoms with Crippen molar-refractivity contribution in [3.05, 3.63) is 53.0 Å². The minimum atomic E-state index is -0.512. The summed E-state index contributed by atoms with van der Waals surface area (Å²) in [5.74, 6) is 1.40. The number of amides is 1. The average Bonchev–Trinajstić information content (AvgIpc) is 3.08. The van der Waals surface area contributed by atoms with Crippen LogP contribution in [0.25, 0.3) is 5.57 Å². The van der Waals surface area contributed by atoms with E-state index in [9.17, 15) is 4.79 Å². The van der Waals surface area contributed by atoms with Crippen LogP contribution in [0.3, 0.4) is 0 Å². The highest BCUT2D eigenvalue weighted by atomic mass is 16.2. The van der Waals surface area contributed by atoms with E-state index >= 15 is 0 Å². The fourth-order valence-corrected chi connectivity index (χ4v) is 3.57. The third-order valence-corrected chi connectivity index (χ3v) is 5.05. The summed E-state index contributed by atoms with van der Waals surface area (Å²) >= 11 is 0. The zero-order valence-electron chi connectivity index (χ0n) is 14.9. The van der Waals surface area contributed by atoms with Crippen LogP contribution in [-0.2, 0) is 4.79 Å². The smallest absolute Gasteiger partial charge is 0.243 e. The summed E-state index contributed by atoms with van der Waals surface area (Å²) in [6.45, 7) is 7.80. The van der Waals surface area contributed by atoms with Gasteiger partial charge in [0.2, 0.25) is 11.9 Å². The zero-order valence-corrected chi connectivity index (χ0v) is 14.9. The van der Waals surface area contributed by atoms with Crippen LogP contribution >= 0.6 is 0 Å². The SMILES string of the molecule is Cc1ncc(C2=CC3=C(CC2)C(C)(C)C(=O)N3c2ncc(C)[nH]2)cn1. The van der Waals surface area contributed by atoms with Gasteiger partial charge < -0.3 is 4.98 Å². The Morgan fingerprint density at radius 3 is 2.44 bits per heavy atom. The second kappa shape index (κ2) is 5.37. The van der Waals surface area contributed by atoms with Crippen LogP contribution < -0.4 is 4.90 Å². The molecule has 2 aliphatic rings. The lowest BCUT2D eigenvalue weighted by Gasteiger charge is -2.22. The van der Waals surface area contributed by atoms with Crippen molar-refractivity contribution < 1.29 is 4.79 Å². The lowest BCUT2D eigenvalue weighted by Crippen LogP contribution is -2.33. The molecule has 2 aromatic rings. The summed E-state index contributed by atoms with van der Waals surface area (Å²) < 4.78 is 0. The molecule has 1 aliphatic carbocycles. The molecule has 0 spiro atoms. The van der Waals surface area contributed by atoms with E-state index in [4.69, 9.17) is 0 Å². The highest BCUT2D eigenvalue weighted by molar-refractivity contribution is 6.06. The molecule has 6 heteroatoms. The maximum atomic E-state index is 13.1. The summed E-state index contributed by atoms with van der Waals surface area (Å²) in [5, 5.41) is 0. The van der Waals surface area contributed by atoms with E-state index in [1.54, 1.807) is 11.1 Å². The van der Waals surface area contributed by atoms with E-state index in [0.717, 1.165) is 41.2 Å². The Morgan fingerprint density at radius 1 is 1.08 bits per heavy atom. The number of aromatic nitrogens is 4. The number of hydrogen-bond donors (Lipinski definition) is 1. The zero-order chi connectivity index (χ0) is 17.8. The number of imidazole rings is 1. The maximum absolute atomic E-state index is 13.1. The number of nitrogens with one attached hydrogen (secondary N) is 1. The maximum Gasteiger partial charge on any atom is 0.243 e. The summed E-state index contributed by atoms with van der Waals surface area (Å²) in [6.07, 6.45) is 9.27. The van der Waals surface area contributed by atoms with Crippen LogP contribution in [0.4, 0.5) is 5.95 Å². The van der Waals surface area contributed by atoms with Gasteiger partial charge in [0.25, 0.3) is 0 Å². The number of H-pyrrole nitrogens is 1. The minimum Gasteiger partial charge on any atom is -0.328 e. The Labute approximate surface area is 146 Å². The van der Waals surface area contributed by atoms with Crippen molar-refractivity contribution in [2.75, 3.05) is 4.90 Å². The molecular formula is C19H21N5O. The first-order valence-corrected chi connectivity index (χ1v) is 8.47. The molecule has 6 nitrogen and oxygen atoms in total. The number of carbonyl (C=O) groups is 1. The van der Waals surface area contributed by atoms with Crippen LogP contribution in [0.15, 0.2) is 35.9 Å². The number of aryl methyl sites for hydroxylation is 2. The molecule has 25 heavy (non-hydrogen) atoms. The molecule has 128 valence electrons. The van der Waals surface area contributed by atoms with Crippen molar-refractivity contribution in [1.29, 1.82) is 0 Å². The molecule has 0 saturated carbocycles. The Bertz CT molecular complexity index is 918. The van der Waals surface area contributed by atoms with E-state index < -0.39 is 5.41 Å². The summed E-state index contributed by atoms with van der Waals surface area (Å²) in [7, 11) is 0. The topological polar surface area (TPSA) is 74.8 Å². The van der Waals surface area contributed by atoms with E-state index in [0.29, 0.717) is 5.95 Å². The third-order valence-electron chi connectivity index (χ3n) is 5.05. The van der Waals surface area contributed by atoms with E-state index in [2.05, 4.69) is 26.0 Å². The average molecular weight is 335 g/mol. The van der Waals surface area contributed by atoms with Gasteiger partial charge in [-0.25, -0.2) is 19.9 Å². The molecule has 2 aromatic heterocycles. The Morgan fingerprint density at radius 2 is 1.80 bits per heavy atom. The van der Waals surface area contributed by atoms with E-state index in [1.807, 2.05) is 40.1 Å². The second-order valence-electron chi connectivity index (χ2n) is 7.21. The van der Waals surface area contributed by atoms with Crippen LogP contribution in [0, 0.1) is 19.3 Å². The summed E-state index contributed by atoms with van der Waals surface area (Å²) in [6, 6.07) is 0. The predicted molar refractivity (Wildman–Crippen MR) is 95.6 cm³/mol. The number of hydrogen-bond acceptors (Lipinski definition) is 4. The Hall–Kier alpha value is -2.76. The monoisotopic (exact) mass is 335 g/mol. The molecule has 0 bridgehead atoms. The number of rotatable bonds is 2. The van der Waals surface area contributed by atoms with Crippen molar-refractivity contribution in [3.8, 4) is 0 Å². The van der Waals surface area contributed by atoms with Gasteiger partial charge in [-0.05, 0) is 57.8 Å². The highest BCUT2D eigenvalue weighted by Crippen LogP contribution is 2.47. The number of allylic oxidation sites excluding steroid dienone is 2. The molecule has 4 rings (SSSR count). The lowest BCUT2D eigenvalue weighted by molar-refractivity contribution is -0.123. The summed E-state index contributed by atoms with van der Waals surface area (Å²) in [5.41, 5.74) is 4.68. The molecule has 3 heterocycles. The fraction of sp³-hybridized carbons (Fsp3) is 0.368. The van der Waals surface area contributed by atoms with Gasteiger partial charge in [0.05, 0.1) is 11.1 Å². The molecule has 1 N–H and O–H groups in total. The van der Waals surface area contributed by atoms with Crippen molar-refractivity contribution in [1.82, 2.24) is 19.9 Å². The van der Waals surface area contributed by atoms with Crippen LogP contribution in [0.5, 0.6) is 0 Å². The fourth-order valence-electron chi connectivity index (χ4n) is 3.57. The first kappa shape index (κ1) is 15.7. The van der Waals surface area contributed by atoms with Crippen LogP contribution in [-0.4, -0.2) is 25.8 Å².